The highest BCUT2D eigenvalue weighted by Crippen LogP contribution is 2.61. The van der Waals surface area contributed by atoms with E-state index in [2.05, 4.69) is 39.3 Å². The Morgan fingerprint density at radius 2 is 1.47 bits per heavy atom. The van der Waals surface area contributed by atoms with Gasteiger partial charge < -0.3 is 32.4 Å². The van der Waals surface area contributed by atoms with Crippen molar-refractivity contribution in [2.45, 2.75) is 102 Å². The van der Waals surface area contributed by atoms with E-state index in [4.69, 9.17) is 27.8 Å². The molecule has 194 valence electrons. The fourth-order valence-electron chi connectivity index (χ4n) is 4.20. The highest BCUT2D eigenvalue weighted by Gasteiger charge is 2.57. The molecule has 0 radical (unpaired) electrons. The fraction of sp³-hybridized carbons (Fsp3) is 0.750. The zero-order chi connectivity index (χ0) is 25.6. The average molecular weight is 531 g/mol. The average Bonchev–Trinajstić information content (AvgIpc) is 3.24. The zero-order valence-corrected chi connectivity index (χ0v) is 25.3. The van der Waals surface area contributed by atoms with Gasteiger partial charge in [0.25, 0.3) is 0 Å². The fourth-order valence-corrected chi connectivity index (χ4v) is 11.7. The van der Waals surface area contributed by atoms with E-state index >= 15 is 4.57 Å². The van der Waals surface area contributed by atoms with Gasteiger partial charge >= 0.3 is 0 Å². The molecule has 7 nitrogen and oxygen atoms in total. The number of hydrogen-bond acceptors (Lipinski definition) is 7. The quantitative estimate of drug-likeness (QED) is 0.315. The topological polar surface area (TPSA) is 72.5 Å². The maximum absolute atomic E-state index is 15.7. The van der Waals surface area contributed by atoms with Gasteiger partial charge in [-0.3, -0.25) is 0 Å². The molecular formula is C24H43O7PSi2. The van der Waals surface area contributed by atoms with Gasteiger partial charge in [-0.1, -0.05) is 30.3 Å². The molecule has 1 aromatic rings. The molecule has 2 heterocycles. The summed E-state index contributed by atoms with van der Waals surface area (Å²) >= 11 is 0. The highest BCUT2D eigenvalue weighted by atomic mass is 31.2. The lowest BCUT2D eigenvalue weighted by Crippen LogP contribution is -2.49. The van der Waals surface area contributed by atoms with Gasteiger partial charge in [-0.2, -0.15) is 0 Å². The lowest BCUT2D eigenvalue weighted by molar-refractivity contribution is -0.145. The maximum atomic E-state index is 15.7. The van der Waals surface area contributed by atoms with Crippen molar-refractivity contribution < 1.29 is 32.4 Å². The predicted octanol–water partition coefficient (Wildman–Crippen LogP) is 5.33. The second-order valence-corrected chi connectivity index (χ2v) is 24.1. The molecule has 2 saturated heterocycles. The maximum Gasteiger partial charge on any atom is 0.190 e. The third-order valence-electron chi connectivity index (χ3n) is 5.48. The van der Waals surface area contributed by atoms with Gasteiger partial charge in [-0.05, 0) is 67.0 Å². The SMILES string of the molecule is CC1(C)COC(C(O[Si](C)(C)C)P(=O)(c2ccccc2)C(O[Si](C)(C)C)C2COC(C)(C)O2)O1. The predicted molar refractivity (Wildman–Crippen MR) is 140 cm³/mol. The number of ether oxygens (including phenoxy) is 4. The van der Waals surface area contributed by atoms with Gasteiger partial charge in [0.2, 0.25) is 0 Å². The van der Waals surface area contributed by atoms with E-state index < -0.39 is 59.2 Å². The van der Waals surface area contributed by atoms with Crippen LogP contribution in [0.25, 0.3) is 0 Å². The summed E-state index contributed by atoms with van der Waals surface area (Å²) in [4.78, 5) is 0. The minimum absolute atomic E-state index is 0.288. The Morgan fingerprint density at radius 3 is 1.91 bits per heavy atom. The Labute approximate surface area is 207 Å². The van der Waals surface area contributed by atoms with E-state index in [1.807, 2.05) is 58.0 Å². The van der Waals surface area contributed by atoms with Crippen LogP contribution >= 0.6 is 7.14 Å². The van der Waals surface area contributed by atoms with Crippen molar-refractivity contribution in [1.82, 2.24) is 0 Å². The van der Waals surface area contributed by atoms with Crippen LogP contribution in [0.3, 0.4) is 0 Å². The third kappa shape index (κ3) is 6.90. The molecule has 0 saturated carbocycles. The highest BCUT2D eigenvalue weighted by molar-refractivity contribution is 7.72. The van der Waals surface area contributed by atoms with Crippen LogP contribution in [0.2, 0.25) is 39.3 Å². The Hall–Kier alpha value is -0.356. The van der Waals surface area contributed by atoms with E-state index in [9.17, 15) is 0 Å². The monoisotopic (exact) mass is 530 g/mol. The zero-order valence-electron chi connectivity index (χ0n) is 22.4. The molecule has 0 N–H and O–H groups in total. The first-order chi connectivity index (χ1) is 15.4. The Bertz CT molecular complexity index is 830. The molecule has 10 heteroatoms. The molecule has 0 bridgehead atoms. The molecule has 0 aromatic heterocycles. The lowest BCUT2D eigenvalue weighted by Gasteiger charge is -2.42. The van der Waals surface area contributed by atoms with Gasteiger partial charge in [-0.25, -0.2) is 0 Å². The van der Waals surface area contributed by atoms with Crippen molar-refractivity contribution in [2.24, 2.45) is 0 Å². The van der Waals surface area contributed by atoms with Crippen molar-refractivity contribution in [3.05, 3.63) is 30.3 Å². The van der Waals surface area contributed by atoms with Gasteiger partial charge in [0, 0.05) is 5.30 Å². The first kappa shape index (κ1) is 28.2. The summed E-state index contributed by atoms with van der Waals surface area (Å²) in [6.45, 7) is 20.9. The summed E-state index contributed by atoms with van der Waals surface area (Å²) in [5.41, 5.74) is -0.503. The van der Waals surface area contributed by atoms with Crippen LogP contribution in [-0.2, 0) is 32.4 Å². The van der Waals surface area contributed by atoms with Crippen molar-refractivity contribution >= 4 is 29.1 Å². The molecule has 0 amide bonds. The molecule has 2 aliphatic rings. The molecular weight excluding hydrogens is 487 g/mol. The summed E-state index contributed by atoms with van der Waals surface area (Å²) in [5, 5.41) is 0.673. The second kappa shape index (κ2) is 9.84. The largest absolute Gasteiger partial charge is 0.405 e. The standard InChI is InChI=1S/C24H43O7PSi2/c1-23(2)17-26-20(29-23)22(31-34(8,9)10)32(25,18-14-12-11-13-15-18)21(30-33(5,6)7)19-16-27-24(3,4)28-19/h11-15,19-22H,16-17H2,1-10H3. The van der Waals surface area contributed by atoms with Crippen LogP contribution in [0.1, 0.15) is 27.7 Å². The summed E-state index contributed by atoms with van der Waals surface area (Å²) in [5.74, 6) is -2.39. The Kier molecular flexibility index (Phi) is 8.16. The van der Waals surface area contributed by atoms with E-state index in [1.165, 1.54) is 0 Å². The second-order valence-electron chi connectivity index (χ2n) is 12.2. The van der Waals surface area contributed by atoms with Gasteiger partial charge in [0.1, 0.15) is 11.9 Å². The van der Waals surface area contributed by atoms with E-state index in [1.54, 1.807) is 0 Å². The third-order valence-corrected chi connectivity index (χ3v) is 11.2. The summed E-state index contributed by atoms with van der Waals surface area (Å²) < 4.78 is 53.7. The summed E-state index contributed by atoms with van der Waals surface area (Å²) in [7, 11) is -7.91. The number of hydrogen-bond donors (Lipinski definition) is 0. The molecule has 2 fully saturated rings. The van der Waals surface area contributed by atoms with Crippen LogP contribution in [-0.4, -0.2) is 65.3 Å². The molecule has 0 aliphatic carbocycles. The first-order valence-electron chi connectivity index (χ1n) is 12.0. The van der Waals surface area contributed by atoms with Crippen LogP contribution in [0.15, 0.2) is 30.3 Å². The van der Waals surface area contributed by atoms with Crippen molar-refractivity contribution in [3.8, 4) is 0 Å². The van der Waals surface area contributed by atoms with Gasteiger partial charge in [-0.15, -0.1) is 0 Å². The smallest absolute Gasteiger partial charge is 0.190 e. The minimum atomic E-state index is -3.53. The summed E-state index contributed by atoms with van der Waals surface area (Å²) in [6.07, 6.45) is -1.30. The molecule has 1 aromatic carbocycles. The Balaban J connectivity index is 2.20. The van der Waals surface area contributed by atoms with Crippen molar-refractivity contribution in [2.75, 3.05) is 13.2 Å². The van der Waals surface area contributed by atoms with Crippen LogP contribution in [0, 0.1) is 0 Å². The Morgan fingerprint density at radius 1 is 0.912 bits per heavy atom. The van der Waals surface area contributed by atoms with E-state index in [0.717, 1.165) is 0 Å². The summed E-state index contributed by atoms with van der Waals surface area (Å²) in [6, 6.07) is 9.50. The molecule has 0 spiro atoms. The molecule has 3 rings (SSSR count). The van der Waals surface area contributed by atoms with Crippen LogP contribution in [0.5, 0.6) is 0 Å². The molecule has 2 aliphatic heterocycles. The first-order valence-corrected chi connectivity index (χ1v) is 20.7. The minimum Gasteiger partial charge on any atom is -0.405 e. The van der Waals surface area contributed by atoms with E-state index in [0.29, 0.717) is 11.9 Å². The lowest BCUT2D eigenvalue weighted by atomic mass is 10.2. The van der Waals surface area contributed by atoms with Gasteiger partial charge in [0.05, 0.1) is 18.8 Å². The van der Waals surface area contributed by atoms with Gasteiger partial charge in [0.15, 0.2) is 41.7 Å². The molecule has 5 unspecified atom stereocenters. The number of rotatable bonds is 9. The van der Waals surface area contributed by atoms with Crippen molar-refractivity contribution in [3.63, 3.8) is 0 Å². The normalized spacial score (nSPS) is 28.4. The van der Waals surface area contributed by atoms with E-state index in [-0.39, 0.29) is 6.61 Å². The van der Waals surface area contributed by atoms with Crippen LogP contribution < -0.4 is 5.30 Å². The van der Waals surface area contributed by atoms with Crippen LogP contribution in [0.4, 0.5) is 0 Å². The number of benzene rings is 1. The molecule has 34 heavy (non-hydrogen) atoms. The van der Waals surface area contributed by atoms with Crippen molar-refractivity contribution in [1.29, 1.82) is 0 Å². The molecule has 5 atom stereocenters.